The number of aryl methyl sites for hydroxylation is 3. The molecule has 0 aliphatic carbocycles. The van der Waals surface area contributed by atoms with Crippen LogP contribution >= 0.6 is 11.3 Å². The van der Waals surface area contributed by atoms with Gasteiger partial charge in [0.15, 0.2) is 6.61 Å². The Morgan fingerprint density at radius 3 is 2.62 bits per heavy atom. The van der Waals surface area contributed by atoms with E-state index in [1.54, 1.807) is 11.3 Å². The van der Waals surface area contributed by atoms with E-state index < -0.39 is 23.8 Å². The van der Waals surface area contributed by atoms with Gasteiger partial charge in [-0.05, 0) is 43.9 Å². The van der Waals surface area contributed by atoms with Crippen molar-refractivity contribution in [3.8, 4) is 0 Å². The van der Waals surface area contributed by atoms with Crippen LogP contribution in [0.5, 0.6) is 0 Å². The Bertz CT molecular complexity index is 1290. The van der Waals surface area contributed by atoms with E-state index in [9.17, 15) is 19.2 Å². The summed E-state index contributed by atoms with van der Waals surface area (Å²) in [7, 11) is 2.86. The normalized spacial score (nSPS) is 11.2. The predicted molar refractivity (Wildman–Crippen MR) is 123 cm³/mol. The van der Waals surface area contributed by atoms with Gasteiger partial charge in [0.2, 0.25) is 5.78 Å². The Morgan fingerprint density at radius 1 is 1.19 bits per heavy atom. The third-order valence-corrected chi connectivity index (χ3v) is 6.19. The quantitative estimate of drug-likeness (QED) is 0.295. The zero-order chi connectivity index (χ0) is 23.4. The van der Waals surface area contributed by atoms with Crippen LogP contribution in [-0.2, 0) is 36.6 Å². The smallest absolute Gasteiger partial charge is 0.331 e. The Balaban J connectivity index is 1.63. The standard InChI is InChI=1S/C23H25N3O5S/c1-15-12-19(16(2)26(15)10-9-18-6-5-11-32-18)20(27)14-31-21(28)8-7-17-13-24(3)23(30)25(4)22(17)29/h5-8,11-13H,9-10,14H2,1-4H3/b8-7+. The van der Waals surface area contributed by atoms with E-state index in [2.05, 4.69) is 10.6 Å². The van der Waals surface area contributed by atoms with E-state index in [-0.39, 0.29) is 11.3 Å². The molecule has 0 N–H and O–H groups in total. The Kier molecular flexibility index (Phi) is 7.09. The number of hydrogen-bond acceptors (Lipinski definition) is 6. The van der Waals surface area contributed by atoms with Gasteiger partial charge in [-0.25, -0.2) is 9.59 Å². The van der Waals surface area contributed by atoms with Gasteiger partial charge in [-0.2, -0.15) is 0 Å². The lowest BCUT2D eigenvalue weighted by Gasteiger charge is -2.09. The topological polar surface area (TPSA) is 92.3 Å². The largest absolute Gasteiger partial charge is 0.454 e. The van der Waals surface area contributed by atoms with Crippen molar-refractivity contribution in [3.05, 3.63) is 84.1 Å². The molecule has 0 aliphatic rings. The molecule has 0 fully saturated rings. The molecule has 168 valence electrons. The summed E-state index contributed by atoms with van der Waals surface area (Å²) < 4.78 is 9.34. The van der Waals surface area contributed by atoms with Gasteiger partial charge in [0, 0.05) is 54.7 Å². The molecular formula is C23H25N3O5S. The molecule has 8 nitrogen and oxygen atoms in total. The number of nitrogens with zero attached hydrogens (tertiary/aromatic N) is 3. The van der Waals surface area contributed by atoms with Gasteiger partial charge in [-0.15, -0.1) is 11.3 Å². The SMILES string of the molecule is Cc1cc(C(=O)COC(=O)/C=C/c2cn(C)c(=O)n(C)c2=O)c(C)n1CCc1cccs1. The molecule has 0 saturated heterocycles. The monoisotopic (exact) mass is 455 g/mol. The van der Waals surface area contributed by atoms with Crippen molar-refractivity contribution < 1.29 is 14.3 Å². The number of ether oxygens (including phenoxy) is 1. The molecule has 32 heavy (non-hydrogen) atoms. The second kappa shape index (κ2) is 9.78. The first kappa shape index (κ1) is 23.2. The van der Waals surface area contributed by atoms with Crippen molar-refractivity contribution in [3.63, 3.8) is 0 Å². The van der Waals surface area contributed by atoms with Gasteiger partial charge < -0.3 is 13.9 Å². The van der Waals surface area contributed by atoms with E-state index in [0.29, 0.717) is 5.56 Å². The molecule has 0 aliphatic heterocycles. The van der Waals surface area contributed by atoms with Crippen LogP contribution in [0.3, 0.4) is 0 Å². The fraction of sp³-hybridized carbons (Fsp3) is 0.304. The van der Waals surface area contributed by atoms with Crippen molar-refractivity contribution >= 4 is 29.2 Å². The summed E-state index contributed by atoms with van der Waals surface area (Å²) in [5.41, 5.74) is 1.50. The summed E-state index contributed by atoms with van der Waals surface area (Å²) in [4.78, 5) is 49.8. The van der Waals surface area contributed by atoms with E-state index in [1.165, 1.54) is 35.8 Å². The molecule has 0 spiro atoms. The van der Waals surface area contributed by atoms with Crippen LogP contribution in [0.25, 0.3) is 6.08 Å². The van der Waals surface area contributed by atoms with Crippen LogP contribution < -0.4 is 11.2 Å². The van der Waals surface area contributed by atoms with Crippen LogP contribution in [0.4, 0.5) is 0 Å². The lowest BCUT2D eigenvalue weighted by molar-refractivity contribution is -0.136. The minimum atomic E-state index is -0.749. The summed E-state index contributed by atoms with van der Waals surface area (Å²) in [5.74, 6) is -1.04. The van der Waals surface area contributed by atoms with Crippen LogP contribution in [0.2, 0.25) is 0 Å². The highest BCUT2D eigenvalue weighted by molar-refractivity contribution is 7.09. The van der Waals surface area contributed by atoms with Gasteiger partial charge in [-0.3, -0.25) is 14.2 Å². The Labute approximate surface area is 189 Å². The van der Waals surface area contributed by atoms with Crippen molar-refractivity contribution in [2.75, 3.05) is 6.61 Å². The van der Waals surface area contributed by atoms with E-state index in [0.717, 1.165) is 35.0 Å². The Morgan fingerprint density at radius 2 is 1.94 bits per heavy atom. The van der Waals surface area contributed by atoms with Crippen molar-refractivity contribution in [1.29, 1.82) is 0 Å². The first-order valence-corrected chi connectivity index (χ1v) is 10.9. The molecule has 0 amide bonds. The number of hydrogen-bond donors (Lipinski definition) is 0. The summed E-state index contributed by atoms with van der Waals surface area (Å²) in [6.07, 6.45) is 4.56. The maximum absolute atomic E-state index is 12.6. The molecule has 3 rings (SSSR count). The second-order valence-electron chi connectivity index (χ2n) is 7.47. The fourth-order valence-electron chi connectivity index (χ4n) is 3.48. The third-order valence-electron chi connectivity index (χ3n) is 5.25. The van der Waals surface area contributed by atoms with Crippen molar-refractivity contribution in [1.82, 2.24) is 13.7 Å². The number of carbonyl (C=O) groups excluding carboxylic acids is 2. The molecule has 3 aromatic heterocycles. The van der Waals surface area contributed by atoms with Crippen molar-refractivity contribution in [2.45, 2.75) is 26.8 Å². The average Bonchev–Trinajstić information content (AvgIpc) is 3.38. The molecule has 0 unspecified atom stereocenters. The predicted octanol–water partition coefficient (Wildman–Crippen LogP) is 2.25. The minimum Gasteiger partial charge on any atom is -0.454 e. The third kappa shape index (κ3) is 5.05. The van der Waals surface area contributed by atoms with Crippen LogP contribution in [-0.4, -0.2) is 32.1 Å². The highest BCUT2D eigenvalue weighted by atomic mass is 32.1. The zero-order valence-corrected chi connectivity index (χ0v) is 19.3. The summed E-state index contributed by atoms with van der Waals surface area (Å²) in [6, 6.07) is 5.91. The highest BCUT2D eigenvalue weighted by Crippen LogP contribution is 2.18. The summed E-state index contributed by atoms with van der Waals surface area (Å²) >= 11 is 1.70. The van der Waals surface area contributed by atoms with Crippen molar-refractivity contribution in [2.24, 2.45) is 14.1 Å². The van der Waals surface area contributed by atoms with E-state index in [1.807, 2.05) is 31.4 Å². The fourth-order valence-corrected chi connectivity index (χ4v) is 4.17. The van der Waals surface area contributed by atoms with E-state index in [4.69, 9.17) is 4.74 Å². The maximum atomic E-state index is 12.6. The number of thiophene rings is 1. The number of rotatable bonds is 8. The van der Waals surface area contributed by atoms with Gasteiger partial charge >= 0.3 is 11.7 Å². The van der Waals surface area contributed by atoms with Gasteiger partial charge in [0.05, 0.1) is 5.56 Å². The molecule has 0 radical (unpaired) electrons. The molecule has 0 aromatic carbocycles. The lowest BCUT2D eigenvalue weighted by Crippen LogP contribution is -2.37. The molecular weight excluding hydrogens is 430 g/mol. The van der Waals surface area contributed by atoms with Gasteiger partial charge in [0.1, 0.15) is 0 Å². The molecule has 3 aromatic rings. The number of Topliss-reactive ketones (excluding diaryl/α,β-unsaturated/α-hetero) is 1. The second-order valence-corrected chi connectivity index (χ2v) is 8.50. The summed E-state index contributed by atoms with van der Waals surface area (Å²) in [6.45, 7) is 4.19. The molecule has 3 heterocycles. The molecule has 9 heteroatoms. The highest BCUT2D eigenvalue weighted by Gasteiger charge is 2.17. The number of ketones is 1. The van der Waals surface area contributed by atoms with Crippen LogP contribution in [0.15, 0.2) is 45.4 Å². The van der Waals surface area contributed by atoms with Crippen LogP contribution in [0, 0.1) is 13.8 Å². The Hall–Kier alpha value is -3.46. The molecule has 0 atom stereocenters. The molecule has 0 bridgehead atoms. The van der Waals surface area contributed by atoms with Gasteiger partial charge in [-0.1, -0.05) is 6.07 Å². The van der Waals surface area contributed by atoms with E-state index >= 15 is 0 Å². The van der Waals surface area contributed by atoms with Crippen LogP contribution in [0.1, 0.15) is 32.2 Å². The first-order valence-electron chi connectivity index (χ1n) is 10.0. The first-order chi connectivity index (χ1) is 15.2. The number of aromatic nitrogens is 3. The maximum Gasteiger partial charge on any atom is 0.331 e. The van der Waals surface area contributed by atoms with Gasteiger partial charge in [0.25, 0.3) is 5.56 Å². The minimum absolute atomic E-state index is 0.159. The average molecular weight is 456 g/mol. The number of esters is 1. The molecule has 0 saturated carbocycles. The zero-order valence-electron chi connectivity index (χ0n) is 18.5. The summed E-state index contributed by atoms with van der Waals surface area (Å²) in [5, 5.41) is 2.04. The lowest BCUT2D eigenvalue weighted by atomic mass is 10.1. The number of carbonyl (C=O) groups is 2.